The molecule has 2 rings (SSSR count). The lowest BCUT2D eigenvalue weighted by Gasteiger charge is -2.56. The van der Waals surface area contributed by atoms with Crippen LogP contribution < -0.4 is 5.32 Å². The average Bonchev–Trinajstić information content (AvgIpc) is 2.56. The number of benzene rings is 1. The molecule has 140 valence electrons. The van der Waals surface area contributed by atoms with Gasteiger partial charge in [-0.2, -0.15) is 5.06 Å². The molecule has 1 unspecified atom stereocenters. The van der Waals surface area contributed by atoms with Crippen LogP contribution in [-0.2, 0) is 11.3 Å². The molecule has 1 aliphatic rings. The highest BCUT2D eigenvalue weighted by Gasteiger charge is 2.50. The van der Waals surface area contributed by atoms with Crippen LogP contribution in [0.15, 0.2) is 30.3 Å². The number of hydrogen-bond acceptors (Lipinski definition) is 3. The zero-order valence-electron chi connectivity index (χ0n) is 15.9. The van der Waals surface area contributed by atoms with E-state index in [1.54, 1.807) is 0 Å². The number of piperidine rings is 1. The number of amides is 1. The van der Waals surface area contributed by atoms with Crippen LogP contribution in [0, 0.1) is 0 Å². The van der Waals surface area contributed by atoms with E-state index in [0.717, 1.165) is 32.1 Å². The minimum atomic E-state index is -0.944. The van der Waals surface area contributed by atoms with Crippen molar-refractivity contribution in [3.05, 3.63) is 35.9 Å². The molecule has 1 aliphatic heterocycles. The molecule has 1 fully saturated rings. The smallest absolute Gasteiger partial charge is 0.404 e. The van der Waals surface area contributed by atoms with Crippen LogP contribution in [0.4, 0.5) is 4.79 Å². The summed E-state index contributed by atoms with van der Waals surface area (Å²) in [4.78, 5) is 17.4. The molecule has 25 heavy (non-hydrogen) atoms. The van der Waals surface area contributed by atoms with Crippen molar-refractivity contribution in [2.75, 3.05) is 6.61 Å². The van der Waals surface area contributed by atoms with Crippen LogP contribution in [-0.4, -0.2) is 40.0 Å². The highest BCUT2D eigenvalue weighted by atomic mass is 16.7. The molecule has 0 spiro atoms. The molecule has 0 radical (unpaired) electrons. The SMILES string of the molecule is CCC1(CC)CC(NC(=O)O)CC(C)(C)N1OCCc1ccccc1. The fraction of sp³-hybridized carbons (Fsp3) is 0.650. The number of nitrogens with zero attached hydrogens (tertiary/aromatic N) is 1. The van der Waals surface area contributed by atoms with Gasteiger partial charge in [-0.15, -0.1) is 0 Å². The van der Waals surface area contributed by atoms with Gasteiger partial charge in [-0.1, -0.05) is 44.2 Å². The van der Waals surface area contributed by atoms with Crippen molar-refractivity contribution in [3.8, 4) is 0 Å². The third kappa shape index (κ3) is 4.73. The van der Waals surface area contributed by atoms with Crippen LogP contribution in [0.1, 0.15) is 58.9 Å². The van der Waals surface area contributed by atoms with Crippen molar-refractivity contribution in [2.45, 2.75) is 76.9 Å². The number of carboxylic acid groups (broad SMARTS) is 1. The molecule has 0 saturated carbocycles. The quantitative estimate of drug-likeness (QED) is 0.774. The lowest BCUT2D eigenvalue weighted by atomic mass is 9.74. The summed E-state index contributed by atoms with van der Waals surface area (Å²) in [5, 5.41) is 14.0. The summed E-state index contributed by atoms with van der Waals surface area (Å²) in [5.41, 5.74) is 0.890. The molecule has 0 bridgehead atoms. The molecule has 1 aromatic rings. The summed E-state index contributed by atoms with van der Waals surface area (Å²) in [6.07, 6.45) is 3.30. The zero-order valence-corrected chi connectivity index (χ0v) is 15.9. The molecule has 1 heterocycles. The van der Waals surface area contributed by atoms with E-state index in [4.69, 9.17) is 9.94 Å². The minimum Gasteiger partial charge on any atom is -0.465 e. The summed E-state index contributed by atoms with van der Waals surface area (Å²) in [6.45, 7) is 9.25. The number of rotatable bonds is 7. The highest BCUT2D eigenvalue weighted by Crippen LogP contribution is 2.42. The molecular weight excluding hydrogens is 316 g/mol. The Hall–Kier alpha value is -1.59. The second kappa shape index (κ2) is 8.19. The Kier molecular flexibility index (Phi) is 6.47. The second-order valence-electron chi connectivity index (χ2n) is 7.66. The van der Waals surface area contributed by atoms with E-state index in [-0.39, 0.29) is 17.1 Å². The first kappa shape index (κ1) is 19.7. The Bertz CT molecular complexity index is 555. The summed E-state index contributed by atoms with van der Waals surface area (Å²) < 4.78 is 0. The van der Waals surface area contributed by atoms with Gasteiger partial charge < -0.3 is 10.4 Å². The van der Waals surface area contributed by atoms with Gasteiger partial charge >= 0.3 is 6.09 Å². The summed E-state index contributed by atoms with van der Waals surface area (Å²) in [6, 6.07) is 10.3. The molecule has 1 saturated heterocycles. The molecule has 5 nitrogen and oxygen atoms in total. The molecular formula is C20H32N2O3. The Morgan fingerprint density at radius 2 is 1.88 bits per heavy atom. The fourth-order valence-corrected chi connectivity index (χ4v) is 4.26. The minimum absolute atomic E-state index is 0.0404. The van der Waals surface area contributed by atoms with Gasteiger partial charge in [0.1, 0.15) is 0 Å². The van der Waals surface area contributed by atoms with Crippen molar-refractivity contribution >= 4 is 6.09 Å². The standard InChI is InChI=1S/C20H32N2O3/c1-5-20(6-2)15-17(21-18(23)24)14-19(3,4)22(20)25-13-12-16-10-8-7-9-11-16/h7-11,17,21H,5-6,12-15H2,1-4H3,(H,23,24). The monoisotopic (exact) mass is 348 g/mol. The Balaban J connectivity index is 2.11. The van der Waals surface area contributed by atoms with Gasteiger partial charge in [0.2, 0.25) is 0 Å². The largest absolute Gasteiger partial charge is 0.465 e. The molecule has 0 aliphatic carbocycles. The van der Waals surface area contributed by atoms with Gasteiger partial charge in [0.05, 0.1) is 6.61 Å². The lowest BCUT2D eigenvalue weighted by molar-refractivity contribution is -0.293. The van der Waals surface area contributed by atoms with Crippen molar-refractivity contribution < 1.29 is 14.7 Å². The van der Waals surface area contributed by atoms with Gasteiger partial charge in [0, 0.05) is 17.1 Å². The van der Waals surface area contributed by atoms with E-state index >= 15 is 0 Å². The average molecular weight is 348 g/mol. The van der Waals surface area contributed by atoms with Gasteiger partial charge in [-0.05, 0) is 51.5 Å². The number of hydroxylamine groups is 2. The van der Waals surface area contributed by atoms with Crippen LogP contribution in [0.2, 0.25) is 0 Å². The van der Waals surface area contributed by atoms with E-state index < -0.39 is 6.09 Å². The van der Waals surface area contributed by atoms with Gasteiger partial charge in [0.15, 0.2) is 0 Å². The summed E-state index contributed by atoms with van der Waals surface area (Å²) in [5.74, 6) is 0. The predicted molar refractivity (Wildman–Crippen MR) is 99.5 cm³/mol. The van der Waals surface area contributed by atoms with Crippen molar-refractivity contribution in [1.82, 2.24) is 10.4 Å². The third-order valence-electron chi connectivity index (χ3n) is 5.45. The van der Waals surface area contributed by atoms with Crippen molar-refractivity contribution in [1.29, 1.82) is 0 Å². The Labute approximate surface area is 151 Å². The predicted octanol–water partition coefficient (Wildman–Crippen LogP) is 4.23. The zero-order chi connectivity index (χ0) is 18.5. The van der Waals surface area contributed by atoms with E-state index in [0.29, 0.717) is 6.61 Å². The maximum absolute atomic E-state index is 11.1. The van der Waals surface area contributed by atoms with Crippen LogP contribution in [0.25, 0.3) is 0 Å². The van der Waals surface area contributed by atoms with Gasteiger partial charge in [-0.25, -0.2) is 4.79 Å². The van der Waals surface area contributed by atoms with Crippen LogP contribution in [0.5, 0.6) is 0 Å². The highest BCUT2D eigenvalue weighted by molar-refractivity contribution is 5.64. The maximum Gasteiger partial charge on any atom is 0.404 e. The summed E-state index contributed by atoms with van der Waals surface area (Å²) in [7, 11) is 0. The molecule has 5 heteroatoms. The number of carbonyl (C=O) groups is 1. The second-order valence-corrected chi connectivity index (χ2v) is 7.66. The maximum atomic E-state index is 11.1. The summed E-state index contributed by atoms with van der Waals surface area (Å²) >= 11 is 0. The Morgan fingerprint density at radius 1 is 1.24 bits per heavy atom. The lowest BCUT2D eigenvalue weighted by Crippen LogP contribution is -2.66. The first-order valence-corrected chi connectivity index (χ1v) is 9.29. The van der Waals surface area contributed by atoms with Crippen molar-refractivity contribution in [2.24, 2.45) is 0 Å². The fourth-order valence-electron chi connectivity index (χ4n) is 4.26. The van der Waals surface area contributed by atoms with E-state index in [2.05, 4.69) is 50.2 Å². The molecule has 2 N–H and O–H groups in total. The van der Waals surface area contributed by atoms with Gasteiger partial charge in [0.25, 0.3) is 0 Å². The molecule has 1 atom stereocenters. The van der Waals surface area contributed by atoms with Crippen LogP contribution in [0.3, 0.4) is 0 Å². The van der Waals surface area contributed by atoms with Gasteiger partial charge in [-0.3, -0.25) is 4.84 Å². The number of hydrogen-bond donors (Lipinski definition) is 2. The topological polar surface area (TPSA) is 61.8 Å². The molecule has 1 amide bonds. The Morgan fingerprint density at radius 3 is 2.44 bits per heavy atom. The van der Waals surface area contributed by atoms with Crippen molar-refractivity contribution in [3.63, 3.8) is 0 Å². The van der Waals surface area contributed by atoms with Crippen LogP contribution >= 0.6 is 0 Å². The van der Waals surface area contributed by atoms with E-state index in [9.17, 15) is 4.79 Å². The number of nitrogens with one attached hydrogen (secondary N) is 1. The third-order valence-corrected chi connectivity index (χ3v) is 5.45. The molecule has 1 aromatic carbocycles. The molecule has 0 aromatic heterocycles. The van der Waals surface area contributed by atoms with E-state index in [1.165, 1.54) is 5.56 Å². The van der Waals surface area contributed by atoms with E-state index in [1.807, 2.05) is 18.2 Å². The first-order valence-electron chi connectivity index (χ1n) is 9.29. The normalized spacial score (nSPS) is 22.5. The first-order chi connectivity index (χ1) is 11.8.